The van der Waals surface area contributed by atoms with Crippen LogP contribution in [0.15, 0.2) is 0 Å². The third kappa shape index (κ3) is 3.20. The molecule has 94 valence electrons. The van der Waals surface area contributed by atoms with Crippen LogP contribution < -0.4 is 0 Å². The zero-order valence-corrected chi connectivity index (χ0v) is 12.1. The van der Waals surface area contributed by atoms with E-state index in [0.29, 0.717) is 22.4 Å². The van der Waals surface area contributed by atoms with Crippen molar-refractivity contribution >= 4 is 26.0 Å². The van der Waals surface area contributed by atoms with Crippen molar-refractivity contribution in [3.63, 3.8) is 0 Å². The minimum absolute atomic E-state index is 0.390. The molecule has 5 heteroatoms. The molecular weight excluding hydrogens is 290 g/mol. The SMILES string of the molecule is CC(Br)C1CCN(S(=O)(=O)CC2CC2)CC1. The average molecular weight is 310 g/mol. The Balaban J connectivity index is 1.87. The molecule has 0 bridgehead atoms. The van der Waals surface area contributed by atoms with Crippen LogP contribution in [0.3, 0.4) is 0 Å². The predicted octanol–water partition coefficient (Wildman–Crippen LogP) is 2.22. The molecule has 2 fully saturated rings. The monoisotopic (exact) mass is 309 g/mol. The molecule has 1 aliphatic heterocycles. The van der Waals surface area contributed by atoms with E-state index in [9.17, 15) is 8.42 Å². The van der Waals surface area contributed by atoms with E-state index < -0.39 is 10.0 Å². The highest BCUT2D eigenvalue weighted by molar-refractivity contribution is 9.09. The Bertz CT molecular complexity index is 330. The minimum Gasteiger partial charge on any atom is -0.212 e. The van der Waals surface area contributed by atoms with Crippen molar-refractivity contribution in [3.8, 4) is 0 Å². The summed E-state index contributed by atoms with van der Waals surface area (Å²) in [5, 5.41) is 0. The maximum Gasteiger partial charge on any atom is 0.214 e. The van der Waals surface area contributed by atoms with Gasteiger partial charge in [-0.1, -0.05) is 22.9 Å². The summed E-state index contributed by atoms with van der Waals surface area (Å²) in [5.74, 6) is 1.48. The van der Waals surface area contributed by atoms with Crippen LogP contribution in [0, 0.1) is 11.8 Å². The van der Waals surface area contributed by atoms with E-state index in [-0.39, 0.29) is 0 Å². The summed E-state index contributed by atoms with van der Waals surface area (Å²) in [6.07, 6.45) is 4.20. The van der Waals surface area contributed by atoms with Crippen molar-refractivity contribution in [2.45, 2.75) is 37.4 Å². The lowest BCUT2D eigenvalue weighted by Gasteiger charge is -2.32. The Labute approximate surface area is 107 Å². The van der Waals surface area contributed by atoms with Crippen LogP contribution in [-0.2, 0) is 10.0 Å². The first-order chi connectivity index (χ1) is 7.49. The van der Waals surface area contributed by atoms with E-state index in [0.717, 1.165) is 38.8 Å². The molecule has 0 aromatic rings. The smallest absolute Gasteiger partial charge is 0.212 e. The lowest BCUT2D eigenvalue weighted by Crippen LogP contribution is -2.41. The van der Waals surface area contributed by atoms with E-state index in [4.69, 9.17) is 0 Å². The Morgan fingerprint density at radius 2 is 1.81 bits per heavy atom. The molecule has 2 rings (SSSR count). The maximum absolute atomic E-state index is 12.0. The number of hydrogen-bond acceptors (Lipinski definition) is 2. The second-order valence-corrected chi connectivity index (χ2v) is 8.59. The van der Waals surface area contributed by atoms with E-state index in [1.807, 2.05) is 0 Å². The summed E-state index contributed by atoms with van der Waals surface area (Å²) >= 11 is 3.59. The highest BCUT2D eigenvalue weighted by atomic mass is 79.9. The van der Waals surface area contributed by atoms with Crippen molar-refractivity contribution < 1.29 is 8.42 Å². The number of sulfonamides is 1. The molecular formula is C11H20BrNO2S. The van der Waals surface area contributed by atoms with Crippen LogP contribution in [0.25, 0.3) is 0 Å². The normalized spacial score (nSPS) is 26.9. The molecule has 0 spiro atoms. The fraction of sp³-hybridized carbons (Fsp3) is 1.00. The molecule has 2 aliphatic rings. The standard InChI is InChI=1S/C11H20BrNO2S/c1-9(12)11-4-6-13(7-5-11)16(14,15)8-10-2-3-10/h9-11H,2-8H2,1H3. The Hall–Kier alpha value is 0.390. The van der Waals surface area contributed by atoms with Gasteiger partial charge in [0.05, 0.1) is 5.75 Å². The Morgan fingerprint density at radius 3 is 2.25 bits per heavy atom. The van der Waals surface area contributed by atoms with Crippen LogP contribution in [-0.4, -0.2) is 36.4 Å². The van der Waals surface area contributed by atoms with Gasteiger partial charge in [-0.05, 0) is 37.5 Å². The van der Waals surface area contributed by atoms with E-state index in [1.54, 1.807) is 4.31 Å². The molecule has 0 amide bonds. The van der Waals surface area contributed by atoms with Crippen molar-refractivity contribution in [2.75, 3.05) is 18.8 Å². The molecule has 1 atom stereocenters. The molecule has 0 radical (unpaired) electrons. The van der Waals surface area contributed by atoms with Gasteiger partial charge in [0.25, 0.3) is 0 Å². The first-order valence-corrected chi connectivity index (χ1v) is 8.63. The van der Waals surface area contributed by atoms with Gasteiger partial charge < -0.3 is 0 Å². The van der Waals surface area contributed by atoms with Gasteiger partial charge in [0.1, 0.15) is 0 Å². The van der Waals surface area contributed by atoms with E-state index >= 15 is 0 Å². The van der Waals surface area contributed by atoms with Crippen molar-refractivity contribution in [1.82, 2.24) is 4.31 Å². The van der Waals surface area contributed by atoms with Crippen molar-refractivity contribution in [1.29, 1.82) is 0 Å². The minimum atomic E-state index is -2.95. The first-order valence-electron chi connectivity index (χ1n) is 6.11. The molecule has 0 aromatic carbocycles. The molecule has 3 nitrogen and oxygen atoms in total. The Kier molecular flexibility index (Phi) is 3.97. The summed E-state index contributed by atoms with van der Waals surface area (Å²) < 4.78 is 25.8. The Morgan fingerprint density at radius 1 is 1.25 bits per heavy atom. The van der Waals surface area contributed by atoms with Gasteiger partial charge >= 0.3 is 0 Å². The van der Waals surface area contributed by atoms with E-state index in [1.165, 1.54) is 0 Å². The van der Waals surface area contributed by atoms with Crippen molar-refractivity contribution in [3.05, 3.63) is 0 Å². The zero-order valence-electron chi connectivity index (χ0n) is 9.73. The number of nitrogens with zero attached hydrogens (tertiary/aromatic N) is 1. The summed E-state index contributed by atoms with van der Waals surface area (Å²) in [7, 11) is -2.95. The third-order valence-corrected chi connectivity index (χ3v) is 6.48. The van der Waals surface area contributed by atoms with Gasteiger partial charge in [-0.2, -0.15) is 0 Å². The molecule has 1 saturated carbocycles. The van der Waals surface area contributed by atoms with Gasteiger partial charge in [-0.15, -0.1) is 0 Å². The molecule has 1 saturated heterocycles. The van der Waals surface area contributed by atoms with E-state index in [2.05, 4.69) is 22.9 Å². The van der Waals surface area contributed by atoms with Gasteiger partial charge in [-0.3, -0.25) is 0 Å². The fourth-order valence-corrected chi connectivity index (χ4v) is 4.74. The van der Waals surface area contributed by atoms with Crippen LogP contribution >= 0.6 is 15.9 Å². The number of rotatable bonds is 4. The predicted molar refractivity (Wildman–Crippen MR) is 69.2 cm³/mol. The van der Waals surface area contributed by atoms with Crippen LogP contribution in [0.1, 0.15) is 32.6 Å². The topological polar surface area (TPSA) is 37.4 Å². The molecule has 1 heterocycles. The zero-order chi connectivity index (χ0) is 11.8. The summed E-state index contributed by atoms with van der Waals surface area (Å²) in [4.78, 5) is 0.501. The highest BCUT2D eigenvalue weighted by Crippen LogP contribution is 2.33. The molecule has 16 heavy (non-hydrogen) atoms. The number of hydrogen-bond donors (Lipinski definition) is 0. The van der Waals surface area contributed by atoms with Gasteiger partial charge in [0.15, 0.2) is 0 Å². The quantitative estimate of drug-likeness (QED) is 0.747. The highest BCUT2D eigenvalue weighted by Gasteiger charge is 2.34. The van der Waals surface area contributed by atoms with Crippen LogP contribution in [0.4, 0.5) is 0 Å². The molecule has 1 aliphatic carbocycles. The second kappa shape index (κ2) is 4.94. The average Bonchev–Trinajstić information content (AvgIpc) is 3.01. The summed E-state index contributed by atoms with van der Waals surface area (Å²) in [5.41, 5.74) is 0. The summed E-state index contributed by atoms with van der Waals surface area (Å²) in [6, 6.07) is 0. The van der Waals surface area contributed by atoms with Gasteiger partial charge in [-0.25, -0.2) is 12.7 Å². The van der Waals surface area contributed by atoms with Crippen molar-refractivity contribution in [2.24, 2.45) is 11.8 Å². The maximum atomic E-state index is 12.0. The second-order valence-electron chi connectivity index (χ2n) is 5.14. The summed E-state index contributed by atoms with van der Waals surface area (Å²) in [6.45, 7) is 3.59. The molecule has 0 aromatic heterocycles. The van der Waals surface area contributed by atoms with Crippen LogP contribution in [0.2, 0.25) is 0 Å². The van der Waals surface area contributed by atoms with Gasteiger partial charge in [0.2, 0.25) is 10.0 Å². The number of piperidine rings is 1. The third-order valence-electron chi connectivity index (χ3n) is 3.68. The first kappa shape index (κ1) is 12.8. The lowest BCUT2D eigenvalue weighted by atomic mass is 9.96. The molecule has 0 N–H and O–H groups in total. The molecule has 1 unspecified atom stereocenters. The van der Waals surface area contributed by atoms with Crippen LogP contribution in [0.5, 0.6) is 0 Å². The number of alkyl halides is 1. The largest absolute Gasteiger partial charge is 0.214 e. The van der Waals surface area contributed by atoms with Gasteiger partial charge in [0, 0.05) is 17.9 Å². The fourth-order valence-electron chi connectivity index (χ4n) is 2.30. The number of halogens is 1. The lowest BCUT2D eigenvalue weighted by molar-refractivity contribution is 0.274.